The third-order valence-corrected chi connectivity index (χ3v) is 7.00. The standard InChI is InChI=1S/C15H30NO4.C12H21BO4.C5H13NO2.U/c1-6-12(16)7-18-14-9-19-13(8-17-10(2)3)15(14)20-11(4)5;1-7(2)14-5-12-6-15-9(11(13)17-12)10(12)16-8(3)4;1-7-3-5(6)4-8-2;/h9-15H,6-8,16H2,1-5H3;7-11H,5-6H2,1-4H3;5H,3-4,6H2,1-2H3;/q-1;;;/t12?,13-,14-,15?;9-,10?,11+,12-;;/m10../s1. The van der Waals surface area contributed by atoms with Gasteiger partial charge in [-0.15, -0.1) is 0 Å². The molecule has 3 rings (SSSR count). The number of fused-ring (bicyclic) bond motifs is 2. The van der Waals surface area contributed by atoms with E-state index in [-0.39, 0.29) is 98.1 Å². The first-order valence-corrected chi connectivity index (χ1v) is 16.4. The Balaban J connectivity index is 0.000000708. The molecule has 270 valence electrons. The molecule has 3 unspecified atom stereocenters. The van der Waals surface area contributed by atoms with Crippen LogP contribution in [0.1, 0.15) is 68.7 Å². The average molecular weight is 886 g/mol. The summed E-state index contributed by atoms with van der Waals surface area (Å²) in [7, 11) is 9.14. The third-order valence-electron chi connectivity index (χ3n) is 7.00. The van der Waals surface area contributed by atoms with Gasteiger partial charge in [-0.1, -0.05) is 6.92 Å². The molecule has 12 nitrogen and oxygen atoms in total. The molecular formula is C32H64BN2O10U-. The number of hydrogen-bond acceptors (Lipinski definition) is 12. The van der Waals surface area contributed by atoms with Gasteiger partial charge < -0.3 is 58.8 Å². The monoisotopic (exact) mass is 886 g/mol. The second-order valence-electron chi connectivity index (χ2n) is 12.9. The van der Waals surface area contributed by atoms with Crippen molar-refractivity contribution in [3.8, 4) is 0 Å². The van der Waals surface area contributed by atoms with Crippen LogP contribution in [0.15, 0.2) is 0 Å². The fraction of sp³-hybridized carbons (Fsp3) is 0.969. The van der Waals surface area contributed by atoms with E-state index < -0.39 is 11.6 Å². The smallest absolute Gasteiger partial charge is 0.143 e. The molecule has 0 aromatic carbocycles. The normalized spacial score (nSPS) is 29.3. The summed E-state index contributed by atoms with van der Waals surface area (Å²) in [5.41, 5.74) is 10.8. The van der Waals surface area contributed by atoms with Gasteiger partial charge >= 0.3 is 0 Å². The molecule has 0 aliphatic carbocycles. The molecule has 4 N–H and O–H groups in total. The van der Waals surface area contributed by atoms with Crippen LogP contribution >= 0.6 is 0 Å². The molecule has 3 saturated heterocycles. The molecule has 2 bridgehead atoms. The molecule has 0 saturated carbocycles. The summed E-state index contributed by atoms with van der Waals surface area (Å²) in [6.07, 6.45) is 0.707. The van der Waals surface area contributed by atoms with Crippen LogP contribution in [-0.2, 0) is 47.4 Å². The maximum Gasteiger partial charge on any atom is 0.143 e. The van der Waals surface area contributed by atoms with Gasteiger partial charge in [-0.05, 0) is 67.9 Å². The third kappa shape index (κ3) is 17.0. The van der Waals surface area contributed by atoms with Crippen LogP contribution < -0.4 is 11.5 Å². The predicted molar refractivity (Wildman–Crippen MR) is 174 cm³/mol. The van der Waals surface area contributed by atoms with E-state index in [4.69, 9.17) is 66.7 Å². The van der Waals surface area contributed by atoms with Gasteiger partial charge in [-0.3, -0.25) is 0 Å². The van der Waals surface area contributed by atoms with Crippen molar-refractivity contribution in [2.75, 3.05) is 53.9 Å². The van der Waals surface area contributed by atoms with Gasteiger partial charge in [0.05, 0.1) is 82.3 Å². The Morgan fingerprint density at radius 2 is 1.43 bits per heavy atom. The minimum Gasteiger partial charge on any atom is -0.544 e. The summed E-state index contributed by atoms with van der Waals surface area (Å²) >= 11 is 0. The van der Waals surface area contributed by atoms with Crippen molar-refractivity contribution in [3.05, 3.63) is 6.61 Å². The molecule has 3 fully saturated rings. The van der Waals surface area contributed by atoms with Gasteiger partial charge in [0.1, 0.15) is 25.7 Å². The first kappa shape index (κ1) is 46.6. The Morgan fingerprint density at radius 3 is 1.91 bits per heavy atom. The Bertz CT molecular complexity index is 754. The van der Waals surface area contributed by atoms with E-state index in [1.807, 2.05) is 62.3 Å². The molecule has 0 aromatic rings. The molecule has 0 aromatic heterocycles. The fourth-order valence-corrected chi connectivity index (χ4v) is 4.78. The summed E-state index contributed by atoms with van der Waals surface area (Å²) in [5, 5.41) is 0. The first-order valence-electron chi connectivity index (χ1n) is 16.4. The van der Waals surface area contributed by atoms with E-state index in [2.05, 4.69) is 0 Å². The summed E-state index contributed by atoms with van der Waals surface area (Å²) in [6, 6.07) is -0.345. The summed E-state index contributed by atoms with van der Waals surface area (Å²) < 4.78 is 55.6. The average Bonchev–Trinajstić information content (AvgIpc) is 3.58. The van der Waals surface area contributed by atoms with Crippen molar-refractivity contribution in [2.45, 2.75) is 147 Å². The quantitative estimate of drug-likeness (QED) is 0.154. The molecule has 0 amide bonds. The van der Waals surface area contributed by atoms with Crippen molar-refractivity contribution in [1.29, 1.82) is 0 Å². The molecule has 3 aliphatic heterocycles. The molecular weight excluding hydrogens is 821 g/mol. The molecule has 8 atom stereocenters. The number of hydrogen-bond donors (Lipinski definition) is 2. The maximum absolute atomic E-state index is 5.93. The van der Waals surface area contributed by atoms with Crippen molar-refractivity contribution < 1.29 is 78.5 Å². The van der Waals surface area contributed by atoms with E-state index in [9.17, 15) is 0 Å². The van der Waals surface area contributed by atoms with Gasteiger partial charge in [-0.2, -0.15) is 6.61 Å². The molecule has 3 aliphatic rings. The van der Waals surface area contributed by atoms with Gasteiger partial charge in [-0.25, -0.2) is 0 Å². The van der Waals surface area contributed by atoms with E-state index >= 15 is 0 Å². The van der Waals surface area contributed by atoms with Crippen LogP contribution in [0, 0.1) is 37.7 Å². The second-order valence-corrected chi connectivity index (χ2v) is 12.9. The molecule has 46 heavy (non-hydrogen) atoms. The first-order chi connectivity index (χ1) is 21.2. The number of methoxy groups -OCH3 is 2. The number of ether oxygens (including phenoxy) is 10. The van der Waals surface area contributed by atoms with E-state index in [1.165, 1.54) is 0 Å². The van der Waals surface area contributed by atoms with Gasteiger partial charge in [0.25, 0.3) is 0 Å². The van der Waals surface area contributed by atoms with Crippen molar-refractivity contribution in [3.63, 3.8) is 0 Å². The molecule has 3 heterocycles. The van der Waals surface area contributed by atoms with Crippen molar-refractivity contribution >= 4 is 7.85 Å². The van der Waals surface area contributed by atoms with E-state index in [1.54, 1.807) is 20.8 Å². The Kier molecular flexibility index (Phi) is 25.1. The minimum absolute atomic E-state index is 0. The fourth-order valence-electron chi connectivity index (χ4n) is 4.78. The Hall–Kier alpha value is 0.637. The summed E-state index contributed by atoms with van der Waals surface area (Å²) in [4.78, 5) is 0. The minimum atomic E-state index is -0.529. The van der Waals surface area contributed by atoms with Gasteiger partial charge in [0.15, 0.2) is 0 Å². The second kappa shape index (κ2) is 24.7. The molecule has 0 spiro atoms. The SMILES string of the molecule is CCC(N)CO[C@@H]1[CH-]O[C@H](COC(C)C)C1OC(C)C.COCC(N)COC.[B][C@@H]1O[C@@]2(COC(C)C)CO[C@H]1C2OC(C)C.[U]. The molecule has 14 heteroatoms. The van der Waals surface area contributed by atoms with Crippen LogP contribution in [0.3, 0.4) is 0 Å². The Labute approximate surface area is 304 Å². The zero-order valence-corrected chi connectivity index (χ0v) is 34.4. The van der Waals surface area contributed by atoms with Crippen LogP contribution in [0.25, 0.3) is 0 Å². The van der Waals surface area contributed by atoms with Crippen LogP contribution in [0.5, 0.6) is 0 Å². The topological polar surface area (TPSA) is 144 Å². The van der Waals surface area contributed by atoms with Crippen LogP contribution in [-0.4, -0.2) is 140 Å². The summed E-state index contributed by atoms with van der Waals surface area (Å²) in [6.45, 7) is 22.9. The van der Waals surface area contributed by atoms with Gasteiger partial charge in [0, 0.05) is 57.4 Å². The van der Waals surface area contributed by atoms with Crippen molar-refractivity contribution in [1.82, 2.24) is 0 Å². The summed E-state index contributed by atoms with van der Waals surface area (Å²) in [5.74, 6) is 0. The van der Waals surface area contributed by atoms with Crippen molar-refractivity contribution in [2.24, 2.45) is 11.5 Å². The van der Waals surface area contributed by atoms with E-state index in [0.29, 0.717) is 39.6 Å². The van der Waals surface area contributed by atoms with E-state index in [0.717, 1.165) is 6.42 Å². The number of nitrogens with two attached hydrogens (primary N) is 2. The zero-order chi connectivity index (χ0) is 34.2. The number of rotatable bonds is 18. The Morgan fingerprint density at radius 1 is 0.848 bits per heavy atom. The zero-order valence-electron chi connectivity index (χ0n) is 30.3. The molecule has 2 radical (unpaired) electrons. The maximum atomic E-state index is 5.93. The largest absolute Gasteiger partial charge is 0.544 e. The van der Waals surface area contributed by atoms with Crippen LogP contribution in [0.2, 0.25) is 0 Å². The predicted octanol–water partition coefficient (Wildman–Crippen LogP) is 2.36. The van der Waals surface area contributed by atoms with Gasteiger partial charge in [0.2, 0.25) is 0 Å². The van der Waals surface area contributed by atoms with Crippen LogP contribution in [0.4, 0.5) is 0 Å².